The van der Waals surface area contributed by atoms with Crippen molar-refractivity contribution in [2.45, 2.75) is 4.90 Å². The molecule has 0 saturated carbocycles. The average Bonchev–Trinajstić information content (AvgIpc) is 2.49. The van der Waals surface area contributed by atoms with E-state index in [1.54, 1.807) is 32.3 Å². The van der Waals surface area contributed by atoms with E-state index in [0.717, 1.165) is 20.2 Å². The van der Waals surface area contributed by atoms with Crippen LogP contribution < -0.4 is 5.32 Å². The minimum absolute atomic E-state index is 0.0871. The van der Waals surface area contributed by atoms with Crippen LogP contribution in [0, 0.1) is 3.57 Å². The maximum Gasteiger partial charge on any atom is 0.286 e. The molecule has 2 aromatic rings. The maximum atomic E-state index is 12.3. The number of halogens is 1. The fourth-order valence-corrected chi connectivity index (χ4v) is 2.75. The molecule has 2 rings (SSSR count). The Morgan fingerprint density at radius 1 is 1.05 bits per heavy atom. The van der Waals surface area contributed by atoms with Gasteiger partial charge in [-0.1, -0.05) is 12.1 Å². The molecule has 114 valence electrons. The van der Waals surface area contributed by atoms with E-state index in [1.165, 1.54) is 4.90 Å². The average molecular weight is 426 g/mol. The molecule has 1 N–H and O–H groups in total. The third kappa shape index (κ3) is 4.48. The molecule has 0 unspecified atom stereocenters. The van der Waals surface area contributed by atoms with E-state index < -0.39 is 0 Å². The molecule has 4 nitrogen and oxygen atoms in total. The molecule has 22 heavy (non-hydrogen) atoms. The Bertz CT molecular complexity index is 687. The highest BCUT2D eigenvalue weighted by molar-refractivity contribution is 14.1. The molecule has 2 amide bonds. The number of carbonyl (C=O) groups excluding carboxylic acids is 2. The lowest BCUT2D eigenvalue weighted by atomic mass is 10.2. The second-order valence-electron chi connectivity index (χ2n) is 4.72. The SMILES string of the molecule is CN(C)C(=O)Sc1ccccc1NC(=O)c1ccc(I)cc1. The van der Waals surface area contributed by atoms with Crippen molar-refractivity contribution in [1.29, 1.82) is 0 Å². The van der Waals surface area contributed by atoms with Crippen LogP contribution in [-0.4, -0.2) is 30.1 Å². The summed E-state index contributed by atoms with van der Waals surface area (Å²) >= 11 is 3.28. The Kier molecular flexibility index (Phi) is 5.84. The number of carbonyl (C=O) groups is 2. The van der Waals surface area contributed by atoms with E-state index in [-0.39, 0.29) is 11.1 Å². The summed E-state index contributed by atoms with van der Waals surface area (Å²) in [6, 6.07) is 14.6. The summed E-state index contributed by atoms with van der Waals surface area (Å²) in [6.45, 7) is 0. The number of para-hydroxylation sites is 1. The molecule has 0 radical (unpaired) electrons. The number of nitrogens with zero attached hydrogens (tertiary/aromatic N) is 1. The van der Waals surface area contributed by atoms with Crippen LogP contribution in [0.1, 0.15) is 10.4 Å². The lowest BCUT2D eigenvalue weighted by Gasteiger charge is -2.13. The highest BCUT2D eigenvalue weighted by atomic mass is 127. The van der Waals surface area contributed by atoms with Crippen molar-refractivity contribution in [2.75, 3.05) is 19.4 Å². The molecule has 0 aliphatic carbocycles. The molecular weight excluding hydrogens is 411 g/mol. The maximum absolute atomic E-state index is 12.3. The number of thioether (sulfide) groups is 1. The first-order chi connectivity index (χ1) is 10.5. The monoisotopic (exact) mass is 426 g/mol. The predicted octanol–water partition coefficient (Wildman–Crippen LogP) is 4.32. The Hall–Kier alpha value is -1.54. The number of anilines is 1. The van der Waals surface area contributed by atoms with Crippen LogP contribution >= 0.6 is 34.4 Å². The largest absolute Gasteiger partial charge is 0.339 e. The smallest absolute Gasteiger partial charge is 0.286 e. The zero-order valence-electron chi connectivity index (χ0n) is 12.2. The topological polar surface area (TPSA) is 49.4 Å². The number of hydrogen-bond donors (Lipinski definition) is 1. The van der Waals surface area contributed by atoms with Crippen LogP contribution in [0.15, 0.2) is 53.4 Å². The molecule has 0 saturated heterocycles. The minimum Gasteiger partial charge on any atom is -0.339 e. The predicted molar refractivity (Wildman–Crippen MR) is 98.5 cm³/mol. The molecule has 0 bridgehead atoms. The van der Waals surface area contributed by atoms with Gasteiger partial charge in [0.2, 0.25) is 0 Å². The third-order valence-electron chi connectivity index (χ3n) is 2.80. The molecular formula is C16H15IN2O2S. The number of benzene rings is 2. The minimum atomic E-state index is -0.193. The molecule has 0 heterocycles. The van der Waals surface area contributed by atoms with E-state index in [1.807, 2.05) is 30.3 Å². The summed E-state index contributed by atoms with van der Waals surface area (Å²) in [5.74, 6) is -0.193. The quantitative estimate of drug-likeness (QED) is 0.588. The van der Waals surface area contributed by atoms with Gasteiger partial charge in [0.25, 0.3) is 11.1 Å². The molecule has 0 aromatic heterocycles. The molecule has 0 aliphatic heterocycles. The van der Waals surface area contributed by atoms with E-state index in [4.69, 9.17) is 0 Å². The molecule has 2 aromatic carbocycles. The van der Waals surface area contributed by atoms with Gasteiger partial charge >= 0.3 is 0 Å². The molecule has 0 spiro atoms. The van der Waals surface area contributed by atoms with Crippen molar-refractivity contribution in [3.63, 3.8) is 0 Å². The molecule has 0 fully saturated rings. The summed E-state index contributed by atoms with van der Waals surface area (Å²) in [7, 11) is 3.39. The van der Waals surface area contributed by atoms with Gasteiger partial charge in [-0.25, -0.2) is 0 Å². The Morgan fingerprint density at radius 2 is 1.68 bits per heavy atom. The van der Waals surface area contributed by atoms with Gasteiger partial charge in [-0.05, 0) is 70.8 Å². The second kappa shape index (κ2) is 7.64. The number of rotatable bonds is 3. The van der Waals surface area contributed by atoms with E-state index in [0.29, 0.717) is 11.3 Å². The highest BCUT2D eigenvalue weighted by Crippen LogP contribution is 2.29. The van der Waals surface area contributed by atoms with Crippen LogP contribution in [0.3, 0.4) is 0 Å². The third-order valence-corrected chi connectivity index (χ3v) is 4.64. The van der Waals surface area contributed by atoms with Crippen molar-refractivity contribution in [1.82, 2.24) is 4.90 Å². The van der Waals surface area contributed by atoms with Gasteiger partial charge in [0.15, 0.2) is 0 Å². The number of nitrogens with one attached hydrogen (secondary N) is 1. The lowest BCUT2D eigenvalue weighted by molar-refractivity contribution is 0.102. The van der Waals surface area contributed by atoms with Gasteiger partial charge in [-0.3, -0.25) is 9.59 Å². The summed E-state index contributed by atoms with van der Waals surface area (Å²) in [5, 5.41) is 2.77. The summed E-state index contributed by atoms with van der Waals surface area (Å²) in [6.07, 6.45) is 0. The van der Waals surface area contributed by atoms with Crippen LogP contribution in [0.25, 0.3) is 0 Å². The van der Waals surface area contributed by atoms with Crippen LogP contribution in [0.4, 0.5) is 10.5 Å². The van der Waals surface area contributed by atoms with Gasteiger partial charge in [-0.2, -0.15) is 0 Å². The lowest BCUT2D eigenvalue weighted by Crippen LogP contribution is -2.17. The Balaban J connectivity index is 2.17. The second-order valence-corrected chi connectivity index (χ2v) is 6.96. The van der Waals surface area contributed by atoms with Crippen molar-refractivity contribution >= 4 is 51.2 Å². The summed E-state index contributed by atoms with van der Waals surface area (Å²) in [4.78, 5) is 26.3. The molecule has 6 heteroatoms. The van der Waals surface area contributed by atoms with Gasteiger partial charge in [0.05, 0.1) is 5.69 Å². The summed E-state index contributed by atoms with van der Waals surface area (Å²) in [5.41, 5.74) is 1.21. The Labute approximate surface area is 147 Å². The van der Waals surface area contributed by atoms with Crippen molar-refractivity contribution in [3.05, 3.63) is 57.7 Å². The first kappa shape index (κ1) is 16.8. The van der Waals surface area contributed by atoms with E-state index >= 15 is 0 Å². The van der Waals surface area contributed by atoms with Crippen LogP contribution in [0.5, 0.6) is 0 Å². The van der Waals surface area contributed by atoms with Gasteiger partial charge < -0.3 is 10.2 Å². The fourth-order valence-electron chi connectivity index (χ4n) is 1.64. The fraction of sp³-hybridized carbons (Fsp3) is 0.125. The van der Waals surface area contributed by atoms with E-state index in [9.17, 15) is 9.59 Å². The van der Waals surface area contributed by atoms with Gasteiger partial charge in [0.1, 0.15) is 0 Å². The van der Waals surface area contributed by atoms with Gasteiger partial charge in [0, 0.05) is 28.1 Å². The highest BCUT2D eigenvalue weighted by Gasteiger charge is 2.13. The first-order valence-electron chi connectivity index (χ1n) is 6.52. The molecule has 0 aliphatic rings. The Morgan fingerprint density at radius 3 is 2.32 bits per heavy atom. The van der Waals surface area contributed by atoms with Gasteiger partial charge in [-0.15, -0.1) is 0 Å². The first-order valence-corrected chi connectivity index (χ1v) is 8.42. The number of amides is 2. The normalized spacial score (nSPS) is 10.1. The van der Waals surface area contributed by atoms with Crippen molar-refractivity contribution in [2.24, 2.45) is 0 Å². The van der Waals surface area contributed by atoms with Crippen LogP contribution in [0.2, 0.25) is 0 Å². The zero-order valence-corrected chi connectivity index (χ0v) is 15.1. The zero-order chi connectivity index (χ0) is 16.1. The standard InChI is InChI=1S/C16H15IN2O2S/c1-19(2)16(21)22-14-6-4-3-5-13(14)18-15(20)11-7-9-12(17)10-8-11/h3-10H,1-2H3,(H,18,20). The van der Waals surface area contributed by atoms with Crippen molar-refractivity contribution in [3.8, 4) is 0 Å². The van der Waals surface area contributed by atoms with Crippen molar-refractivity contribution < 1.29 is 9.59 Å². The number of hydrogen-bond acceptors (Lipinski definition) is 3. The van der Waals surface area contributed by atoms with E-state index in [2.05, 4.69) is 27.9 Å². The summed E-state index contributed by atoms with van der Waals surface area (Å²) < 4.78 is 1.07. The molecule has 0 atom stereocenters. The van der Waals surface area contributed by atoms with Crippen LogP contribution in [-0.2, 0) is 0 Å².